The first-order valence-corrected chi connectivity index (χ1v) is 11.8. The Labute approximate surface area is 200 Å². The fraction of sp³-hybridized carbons (Fsp3) is 0.440. The summed E-state index contributed by atoms with van der Waals surface area (Å²) in [7, 11) is 1.61. The van der Waals surface area contributed by atoms with Crippen molar-refractivity contribution < 1.29 is 14.3 Å². The number of carbonyl (C=O) groups is 2. The number of nitrogens with zero attached hydrogens (tertiary/aromatic N) is 1. The fourth-order valence-electron chi connectivity index (χ4n) is 4.14. The van der Waals surface area contributed by atoms with E-state index in [2.05, 4.69) is 5.32 Å². The summed E-state index contributed by atoms with van der Waals surface area (Å²) >= 11 is 12.2. The molecule has 1 saturated carbocycles. The Kier molecular flexibility index (Phi) is 8.83. The van der Waals surface area contributed by atoms with E-state index >= 15 is 0 Å². The van der Waals surface area contributed by atoms with Gasteiger partial charge >= 0.3 is 0 Å². The molecule has 3 rings (SSSR count). The van der Waals surface area contributed by atoms with E-state index in [9.17, 15) is 9.59 Å². The summed E-state index contributed by atoms with van der Waals surface area (Å²) in [5.41, 5.74) is 1.69. The summed E-state index contributed by atoms with van der Waals surface area (Å²) in [6.45, 7) is 2.27. The Morgan fingerprint density at radius 1 is 1.06 bits per heavy atom. The molecule has 0 unspecified atom stereocenters. The monoisotopic (exact) mass is 476 g/mol. The van der Waals surface area contributed by atoms with Gasteiger partial charge in [0, 0.05) is 12.6 Å². The van der Waals surface area contributed by atoms with Crippen molar-refractivity contribution in [3.8, 4) is 5.75 Å². The third kappa shape index (κ3) is 6.39. The molecule has 0 heterocycles. The lowest BCUT2D eigenvalue weighted by Crippen LogP contribution is -2.51. The molecule has 0 bridgehead atoms. The Balaban J connectivity index is 1.82. The van der Waals surface area contributed by atoms with Crippen LogP contribution in [0.5, 0.6) is 5.75 Å². The molecular formula is C25H30Cl2N2O3. The third-order valence-corrected chi connectivity index (χ3v) is 6.68. The molecule has 0 spiro atoms. The van der Waals surface area contributed by atoms with E-state index in [1.807, 2.05) is 31.2 Å². The average molecular weight is 477 g/mol. The largest absolute Gasteiger partial charge is 0.497 e. The van der Waals surface area contributed by atoms with Crippen LogP contribution in [-0.2, 0) is 22.6 Å². The molecule has 1 aliphatic carbocycles. The van der Waals surface area contributed by atoms with Crippen molar-refractivity contribution in [1.29, 1.82) is 0 Å². The first kappa shape index (κ1) is 24.4. The van der Waals surface area contributed by atoms with Crippen molar-refractivity contribution in [3.63, 3.8) is 0 Å². The Morgan fingerprint density at radius 3 is 2.31 bits per heavy atom. The number of hydrogen-bond acceptors (Lipinski definition) is 3. The fourth-order valence-corrected chi connectivity index (χ4v) is 4.46. The van der Waals surface area contributed by atoms with Crippen molar-refractivity contribution >= 4 is 35.0 Å². The van der Waals surface area contributed by atoms with Crippen LogP contribution in [0.15, 0.2) is 42.5 Å². The number of methoxy groups -OCH3 is 1. The summed E-state index contributed by atoms with van der Waals surface area (Å²) in [5.74, 6) is 0.525. The zero-order valence-electron chi connectivity index (χ0n) is 18.6. The van der Waals surface area contributed by atoms with Crippen LogP contribution in [0.4, 0.5) is 0 Å². The zero-order valence-corrected chi connectivity index (χ0v) is 20.1. The number of amides is 2. The molecule has 5 nitrogen and oxygen atoms in total. The number of rotatable bonds is 9. The number of hydrogen-bond donors (Lipinski definition) is 1. The maximum Gasteiger partial charge on any atom is 0.243 e. The van der Waals surface area contributed by atoms with Gasteiger partial charge in [-0.05, 0) is 54.7 Å². The molecule has 0 saturated heterocycles. The van der Waals surface area contributed by atoms with Crippen LogP contribution in [0.2, 0.25) is 10.0 Å². The average Bonchev–Trinajstić information content (AvgIpc) is 3.29. The number of ether oxygens (including phenoxy) is 1. The first-order chi connectivity index (χ1) is 15.4. The van der Waals surface area contributed by atoms with E-state index in [1.165, 1.54) is 0 Å². The minimum Gasteiger partial charge on any atom is -0.497 e. The van der Waals surface area contributed by atoms with Crippen LogP contribution < -0.4 is 10.1 Å². The molecule has 0 radical (unpaired) electrons. The lowest BCUT2D eigenvalue weighted by Gasteiger charge is -2.31. The highest BCUT2D eigenvalue weighted by atomic mass is 35.5. The minimum atomic E-state index is -0.548. The highest BCUT2D eigenvalue weighted by Crippen LogP contribution is 2.24. The first-order valence-electron chi connectivity index (χ1n) is 11.1. The van der Waals surface area contributed by atoms with Gasteiger partial charge < -0.3 is 15.0 Å². The van der Waals surface area contributed by atoms with Crippen LogP contribution >= 0.6 is 23.2 Å². The number of nitrogens with one attached hydrogen (secondary N) is 1. The van der Waals surface area contributed by atoms with Crippen LogP contribution in [0.3, 0.4) is 0 Å². The van der Waals surface area contributed by atoms with E-state index in [4.69, 9.17) is 27.9 Å². The van der Waals surface area contributed by atoms with Gasteiger partial charge in [-0.1, -0.05) is 61.2 Å². The maximum absolute atomic E-state index is 13.4. The highest BCUT2D eigenvalue weighted by Gasteiger charge is 2.30. The van der Waals surface area contributed by atoms with E-state index in [1.54, 1.807) is 30.2 Å². The van der Waals surface area contributed by atoms with Gasteiger partial charge in [-0.15, -0.1) is 0 Å². The molecule has 32 heavy (non-hydrogen) atoms. The Morgan fingerprint density at radius 2 is 1.72 bits per heavy atom. The summed E-state index contributed by atoms with van der Waals surface area (Å²) in [4.78, 5) is 28.3. The van der Waals surface area contributed by atoms with Crippen LogP contribution in [-0.4, -0.2) is 35.9 Å². The Hall–Kier alpha value is -2.24. The molecule has 2 aromatic rings. The second-order valence-corrected chi connectivity index (χ2v) is 9.02. The van der Waals surface area contributed by atoms with Gasteiger partial charge in [0.25, 0.3) is 0 Å². The molecule has 0 aliphatic heterocycles. The molecular weight excluding hydrogens is 447 g/mol. The third-order valence-electron chi connectivity index (χ3n) is 5.94. The molecule has 7 heteroatoms. The van der Waals surface area contributed by atoms with Crippen LogP contribution in [0.25, 0.3) is 0 Å². The second kappa shape index (κ2) is 11.6. The topological polar surface area (TPSA) is 58.6 Å². The van der Waals surface area contributed by atoms with E-state index in [-0.39, 0.29) is 24.3 Å². The standard InChI is InChI=1S/C25H30Cl2N2O3/c1-3-23(25(31)28-19-6-4-5-7-19)29(16-17-8-11-20(32-2)12-9-17)24(30)15-18-10-13-21(26)22(27)14-18/h8-14,19,23H,3-7,15-16H2,1-2H3,(H,28,31)/t23-/m1/s1. The lowest BCUT2D eigenvalue weighted by molar-refractivity contribution is -0.141. The van der Waals surface area contributed by atoms with Crippen molar-refractivity contribution in [3.05, 3.63) is 63.6 Å². The van der Waals surface area contributed by atoms with Gasteiger partial charge in [0.05, 0.1) is 23.6 Å². The van der Waals surface area contributed by atoms with Gasteiger partial charge in [0.1, 0.15) is 11.8 Å². The quantitative estimate of drug-likeness (QED) is 0.526. The molecule has 1 atom stereocenters. The number of halogens is 2. The second-order valence-electron chi connectivity index (χ2n) is 8.21. The molecule has 1 N–H and O–H groups in total. The number of carbonyl (C=O) groups excluding carboxylic acids is 2. The van der Waals surface area contributed by atoms with Gasteiger partial charge in [0.15, 0.2) is 0 Å². The SMILES string of the molecule is CC[C@H](C(=O)NC1CCCC1)N(Cc1ccc(OC)cc1)C(=O)Cc1ccc(Cl)c(Cl)c1. The zero-order chi connectivity index (χ0) is 23.1. The summed E-state index contributed by atoms with van der Waals surface area (Å²) in [6.07, 6.45) is 4.93. The number of benzene rings is 2. The smallest absolute Gasteiger partial charge is 0.243 e. The van der Waals surface area contributed by atoms with E-state index in [0.717, 1.165) is 42.6 Å². The molecule has 2 amide bonds. The van der Waals surface area contributed by atoms with Crippen molar-refractivity contribution in [2.24, 2.45) is 0 Å². The summed E-state index contributed by atoms with van der Waals surface area (Å²) in [6, 6.07) is 12.4. The maximum atomic E-state index is 13.4. The molecule has 2 aromatic carbocycles. The summed E-state index contributed by atoms with van der Waals surface area (Å²) in [5, 5.41) is 4.01. The van der Waals surface area contributed by atoms with Crippen LogP contribution in [0, 0.1) is 0 Å². The minimum absolute atomic E-state index is 0.0876. The van der Waals surface area contributed by atoms with Gasteiger partial charge in [-0.25, -0.2) is 0 Å². The highest BCUT2D eigenvalue weighted by molar-refractivity contribution is 6.42. The molecule has 1 aliphatic rings. The van der Waals surface area contributed by atoms with Gasteiger partial charge in [-0.2, -0.15) is 0 Å². The molecule has 172 valence electrons. The summed E-state index contributed by atoms with van der Waals surface area (Å²) < 4.78 is 5.23. The van der Waals surface area contributed by atoms with Gasteiger partial charge in [0.2, 0.25) is 11.8 Å². The van der Waals surface area contributed by atoms with E-state index in [0.29, 0.717) is 23.0 Å². The van der Waals surface area contributed by atoms with Crippen molar-refractivity contribution in [1.82, 2.24) is 10.2 Å². The predicted octanol–water partition coefficient (Wildman–Crippen LogP) is 5.41. The van der Waals surface area contributed by atoms with Crippen molar-refractivity contribution in [2.45, 2.75) is 64.1 Å². The Bertz CT molecular complexity index is 927. The molecule has 0 aromatic heterocycles. The predicted molar refractivity (Wildman–Crippen MR) is 128 cm³/mol. The van der Waals surface area contributed by atoms with Gasteiger partial charge in [-0.3, -0.25) is 9.59 Å². The lowest BCUT2D eigenvalue weighted by atomic mass is 10.1. The van der Waals surface area contributed by atoms with Crippen LogP contribution in [0.1, 0.15) is 50.2 Å². The van der Waals surface area contributed by atoms with E-state index < -0.39 is 6.04 Å². The normalized spacial score (nSPS) is 14.8. The van der Waals surface area contributed by atoms with Crippen molar-refractivity contribution in [2.75, 3.05) is 7.11 Å². The molecule has 1 fully saturated rings.